The lowest BCUT2D eigenvalue weighted by atomic mass is 9.92. The monoisotopic (exact) mass is 339 g/mol. The van der Waals surface area contributed by atoms with Crippen LogP contribution in [0.4, 0.5) is 0 Å². The number of para-hydroxylation sites is 1. The summed E-state index contributed by atoms with van der Waals surface area (Å²) in [6, 6.07) is 11.8. The number of methoxy groups -OCH3 is 1. The van der Waals surface area contributed by atoms with Crippen LogP contribution >= 0.6 is 0 Å². The fourth-order valence-corrected chi connectivity index (χ4v) is 3.66. The molecule has 0 spiro atoms. The molecule has 2 aromatic rings. The maximum absolute atomic E-state index is 12.9. The molecule has 2 aliphatic heterocycles. The Morgan fingerprint density at radius 2 is 2.00 bits per heavy atom. The number of carbonyl (C=O) groups is 1. The van der Waals surface area contributed by atoms with Gasteiger partial charge in [-0.1, -0.05) is 18.2 Å². The molecule has 4 rings (SSSR count). The van der Waals surface area contributed by atoms with Gasteiger partial charge in [-0.3, -0.25) is 4.79 Å². The Morgan fingerprint density at radius 3 is 2.80 bits per heavy atom. The van der Waals surface area contributed by atoms with Crippen LogP contribution in [0.5, 0.6) is 17.2 Å². The Kier molecular flexibility index (Phi) is 3.99. The highest BCUT2D eigenvalue weighted by atomic mass is 16.7. The van der Waals surface area contributed by atoms with Gasteiger partial charge in [0.2, 0.25) is 12.7 Å². The zero-order valence-electron chi connectivity index (χ0n) is 14.5. The molecule has 0 radical (unpaired) electrons. The minimum absolute atomic E-state index is 0.0143. The highest BCUT2D eigenvalue weighted by Crippen LogP contribution is 2.40. The average molecular weight is 339 g/mol. The third-order valence-electron chi connectivity index (χ3n) is 5.03. The summed E-state index contributed by atoms with van der Waals surface area (Å²) in [6.45, 7) is 3.05. The normalized spacial score (nSPS) is 18.0. The highest BCUT2D eigenvalue weighted by molar-refractivity contribution is 5.80. The molecule has 0 aromatic heterocycles. The average Bonchev–Trinajstić information content (AvgIpc) is 3.08. The molecule has 0 N–H and O–H groups in total. The van der Waals surface area contributed by atoms with E-state index in [9.17, 15) is 4.79 Å². The summed E-state index contributed by atoms with van der Waals surface area (Å²) >= 11 is 0. The Labute approximate surface area is 147 Å². The van der Waals surface area contributed by atoms with E-state index in [2.05, 4.69) is 13.0 Å². The van der Waals surface area contributed by atoms with Crippen LogP contribution in [0, 0.1) is 0 Å². The van der Waals surface area contributed by atoms with E-state index in [1.165, 1.54) is 5.56 Å². The number of amides is 1. The minimum atomic E-state index is 0.0143. The van der Waals surface area contributed by atoms with Crippen molar-refractivity contribution in [3.8, 4) is 17.2 Å². The Morgan fingerprint density at radius 1 is 1.24 bits per heavy atom. The van der Waals surface area contributed by atoms with Crippen molar-refractivity contribution in [2.24, 2.45) is 0 Å². The van der Waals surface area contributed by atoms with Gasteiger partial charge in [0.05, 0.1) is 19.6 Å². The summed E-state index contributed by atoms with van der Waals surface area (Å²) in [6.07, 6.45) is 1.17. The number of hydrogen-bond donors (Lipinski definition) is 0. The molecule has 2 aliphatic rings. The summed E-state index contributed by atoms with van der Waals surface area (Å²) in [7, 11) is 1.63. The van der Waals surface area contributed by atoms with Crippen LogP contribution in [-0.4, -0.2) is 31.3 Å². The topological polar surface area (TPSA) is 48.0 Å². The van der Waals surface area contributed by atoms with Gasteiger partial charge in [-0.15, -0.1) is 0 Å². The largest absolute Gasteiger partial charge is 0.496 e. The number of carbonyl (C=O) groups excluding carboxylic acids is 1. The fraction of sp³-hybridized carbons (Fsp3) is 0.350. The number of fused-ring (bicyclic) bond motifs is 2. The lowest BCUT2D eigenvalue weighted by molar-refractivity contribution is -0.133. The van der Waals surface area contributed by atoms with Gasteiger partial charge in [0.1, 0.15) is 5.75 Å². The molecule has 0 fully saturated rings. The Hall–Kier alpha value is -2.69. The zero-order chi connectivity index (χ0) is 17.4. The molecule has 0 saturated carbocycles. The second-order valence-electron chi connectivity index (χ2n) is 6.41. The third-order valence-corrected chi connectivity index (χ3v) is 5.03. The molecule has 1 atom stereocenters. The molecule has 1 unspecified atom stereocenters. The number of benzene rings is 2. The van der Waals surface area contributed by atoms with E-state index in [-0.39, 0.29) is 18.7 Å². The molecule has 5 heteroatoms. The maximum Gasteiger partial charge on any atom is 0.231 e. The van der Waals surface area contributed by atoms with Gasteiger partial charge in [-0.25, -0.2) is 0 Å². The van der Waals surface area contributed by atoms with E-state index in [0.717, 1.165) is 34.8 Å². The zero-order valence-corrected chi connectivity index (χ0v) is 14.5. The van der Waals surface area contributed by atoms with Crippen LogP contribution < -0.4 is 14.2 Å². The molecule has 2 heterocycles. The number of nitrogens with zero attached hydrogens (tertiary/aromatic N) is 1. The van der Waals surface area contributed by atoms with Crippen LogP contribution in [-0.2, 0) is 17.6 Å². The van der Waals surface area contributed by atoms with Gasteiger partial charge < -0.3 is 19.1 Å². The van der Waals surface area contributed by atoms with Crippen LogP contribution in [0.3, 0.4) is 0 Å². The van der Waals surface area contributed by atoms with Gasteiger partial charge >= 0.3 is 0 Å². The van der Waals surface area contributed by atoms with E-state index in [1.807, 2.05) is 35.2 Å². The number of ether oxygens (including phenoxy) is 3. The van der Waals surface area contributed by atoms with Crippen molar-refractivity contribution in [3.63, 3.8) is 0 Å². The summed E-state index contributed by atoms with van der Waals surface area (Å²) in [5, 5.41) is 0. The molecule has 130 valence electrons. The summed E-state index contributed by atoms with van der Waals surface area (Å²) in [4.78, 5) is 14.8. The van der Waals surface area contributed by atoms with Gasteiger partial charge in [0.15, 0.2) is 11.5 Å². The second kappa shape index (κ2) is 6.31. The Bertz CT molecular complexity index is 817. The summed E-state index contributed by atoms with van der Waals surface area (Å²) < 4.78 is 16.3. The van der Waals surface area contributed by atoms with Crippen molar-refractivity contribution >= 4 is 5.91 Å². The van der Waals surface area contributed by atoms with Gasteiger partial charge in [0, 0.05) is 12.1 Å². The van der Waals surface area contributed by atoms with Crippen LogP contribution in [0.25, 0.3) is 0 Å². The SMILES string of the molecule is COc1ccccc1CC(=O)N1CCc2cc3c(cc2C1C)OCO3. The van der Waals surface area contributed by atoms with Crippen molar-refractivity contribution < 1.29 is 19.0 Å². The maximum atomic E-state index is 12.9. The van der Waals surface area contributed by atoms with E-state index < -0.39 is 0 Å². The van der Waals surface area contributed by atoms with Crippen molar-refractivity contribution in [2.45, 2.75) is 25.8 Å². The molecule has 25 heavy (non-hydrogen) atoms. The predicted molar refractivity (Wildman–Crippen MR) is 93.1 cm³/mol. The molecule has 0 saturated heterocycles. The van der Waals surface area contributed by atoms with E-state index in [1.54, 1.807) is 7.11 Å². The van der Waals surface area contributed by atoms with Gasteiger partial charge in [-0.05, 0) is 42.7 Å². The standard InChI is InChI=1S/C20H21NO4/c1-13-16-11-19-18(24-12-25-19)9-14(16)7-8-21(13)20(22)10-15-5-3-4-6-17(15)23-2/h3-6,9,11,13H,7-8,10,12H2,1-2H3. The fourth-order valence-electron chi connectivity index (χ4n) is 3.66. The van der Waals surface area contributed by atoms with Gasteiger partial charge in [0.25, 0.3) is 0 Å². The van der Waals surface area contributed by atoms with Crippen molar-refractivity contribution in [1.82, 2.24) is 4.90 Å². The predicted octanol–water partition coefficient (Wildman–Crippen LogP) is 3.11. The number of hydrogen-bond acceptors (Lipinski definition) is 4. The molecular weight excluding hydrogens is 318 g/mol. The first-order valence-electron chi connectivity index (χ1n) is 8.51. The summed E-state index contributed by atoms with van der Waals surface area (Å²) in [5.74, 6) is 2.44. The lowest BCUT2D eigenvalue weighted by Gasteiger charge is -2.35. The quantitative estimate of drug-likeness (QED) is 0.862. The van der Waals surface area contributed by atoms with E-state index in [0.29, 0.717) is 13.0 Å². The van der Waals surface area contributed by atoms with E-state index in [4.69, 9.17) is 14.2 Å². The first-order chi connectivity index (χ1) is 12.2. The summed E-state index contributed by atoms with van der Waals surface area (Å²) in [5.41, 5.74) is 3.29. The number of rotatable bonds is 3. The molecular formula is C20H21NO4. The second-order valence-corrected chi connectivity index (χ2v) is 6.41. The van der Waals surface area contributed by atoms with Gasteiger partial charge in [-0.2, -0.15) is 0 Å². The first-order valence-corrected chi connectivity index (χ1v) is 8.51. The molecule has 2 aromatic carbocycles. The van der Waals surface area contributed by atoms with Crippen molar-refractivity contribution in [3.05, 3.63) is 53.1 Å². The lowest BCUT2D eigenvalue weighted by Crippen LogP contribution is -2.39. The first kappa shape index (κ1) is 15.8. The highest BCUT2D eigenvalue weighted by Gasteiger charge is 2.30. The Balaban J connectivity index is 1.57. The minimum Gasteiger partial charge on any atom is -0.496 e. The van der Waals surface area contributed by atoms with Crippen LogP contribution in [0.15, 0.2) is 36.4 Å². The van der Waals surface area contributed by atoms with Crippen LogP contribution in [0.2, 0.25) is 0 Å². The smallest absolute Gasteiger partial charge is 0.231 e. The molecule has 5 nitrogen and oxygen atoms in total. The van der Waals surface area contributed by atoms with Crippen molar-refractivity contribution in [1.29, 1.82) is 0 Å². The van der Waals surface area contributed by atoms with E-state index >= 15 is 0 Å². The van der Waals surface area contributed by atoms with Crippen LogP contribution in [0.1, 0.15) is 29.7 Å². The molecule has 0 bridgehead atoms. The third kappa shape index (κ3) is 2.80. The van der Waals surface area contributed by atoms with Crippen molar-refractivity contribution in [2.75, 3.05) is 20.4 Å². The molecule has 0 aliphatic carbocycles. The molecule has 1 amide bonds.